The topological polar surface area (TPSA) is 21.7 Å². The van der Waals surface area contributed by atoms with Crippen LogP contribution in [0.4, 0.5) is 0 Å². The lowest BCUT2D eigenvalue weighted by molar-refractivity contribution is -0.445. The van der Waals surface area contributed by atoms with Gasteiger partial charge in [-0.3, -0.25) is 9.68 Å². The molecule has 4 fully saturated rings. The van der Waals surface area contributed by atoms with Crippen molar-refractivity contribution in [3.05, 3.63) is 35.9 Å². The van der Waals surface area contributed by atoms with E-state index in [1.165, 1.54) is 5.56 Å². The second-order valence-electron chi connectivity index (χ2n) is 6.95. The molecule has 3 saturated heterocycles. The van der Waals surface area contributed by atoms with Gasteiger partial charge in [0.15, 0.2) is 0 Å². The van der Waals surface area contributed by atoms with Crippen molar-refractivity contribution in [1.82, 2.24) is 5.23 Å². The van der Waals surface area contributed by atoms with Crippen LogP contribution in [0.2, 0.25) is 0 Å². The van der Waals surface area contributed by atoms with Gasteiger partial charge in [-0.15, -0.1) is 0 Å². The fourth-order valence-electron chi connectivity index (χ4n) is 4.49. The third kappa shape index (κ3) is 1.33. The predicted molar refractivity (Wildman–Crippen MR) is 72.1 cm³/mol. The minimum Gasteiger partial charge on any atom is -0.273 e. The molecule has 19 heavy (non-hydrogen) atoms. The van der Waals surface area contributed by atoms with E-state index in [1.807, 2.05) is 5.23 Å². The highest BCUT2D eigenvalue weighted by Gasteiger charge is 2.68. The summed E-state index contributed by atoms with van der Waals surface area (Å²) in [4.78, 5) is 11.9. The van der Waals surface area contributed by atoms with Crippen LogP contribution in [0.25, 0.3) is 0 Å². The van der Waals surface area contributed by atoms with Crippen molar-refractivity contribution < 1.29 is 9.68 Å². The molecule has 1 aliphatic carbocycles. The molecule has 1 saturated carbocycles. The van der Waals surface area contributed by atoms with E-state index >= 15 is 0 Å². The standard InChI is InChI=1S/C16H21NO2/c1-15(2)13-10-18-17-16(13,3)12(9-14(15)19-17)11-7-5-4-6-8-11/h4-8,12-14H,9-10H2,1-3H3/t12-,13-,14-,16+/m0/s1. The van der Waals surface area contributed by atoms with Gasteiger partial charge in [0.25, 0.3) is 0 Å². The highest BCUT2D eigenvalue weighted by atomic mass is 17.0. The van der Waals surface area contributed by atoms with Crippen molar-refractivity contribution in [2.75, 3.05) is 6.61 Å². The molecule has 0 radical (unpaired) electrons. The summed E-state index contributed by atoms with van der Waals surface area (Å²) in [6, 6.07) is 10.8. The SMILES string of the molecule is CC1(C)[C@@H]2C[C@@H](c3ccccc3)[C@]3(C)[C@H]1CON3O2. The number of hydroxylamine groups is 2. The molecule has 3 heteroatoms. The lowest BCUT2D eigenvalue weighted by atomic mass is 9.53. The molecule has 4 bridgehead atoms. The maximum Gasteiger partial charge on any atom is 0.0881 e. The number of hydrogen-bond donors (Lipinski definition) is 0. The average molecular weight is 259 g/mol. The first-order valence-corrected chi connectivity index (χ1v) is 7.19. The number of benzene rings is 1. The Morgan fingerprint density at radius 1 is 1.16 bits per heavy atom. The molecule has 4 aliphatic rings. The van der Waals surface area contributed by atoms with Gasteiger partial charge < -0.3 is 0 Å². The van der Waals surface area contributed by atoms with E-state index in [1.54, 1.807) is 0 Å². The Morgan fingerprint density at radius 2 is 1.89 bits per heavy atom. The minimum absolute atomic E-state index is 0.0421. The molecule has 1 aromatic carbocycles. The molecule has 3 nitrogen and oxygen atoms in total. The number of hydrogen-bond acceptors (Lipinski definition) is 3. The fourth-order valence-corrected chi connectivity index (χ4v) is 4.49. The van der Waals surface area contributed by atoms with Crippen LogP contribution in [0, 0.1) is 11.3 Å². The Labute approximate surface area is 114 Å². The molecule has 102 valence electrons. The third-order valence-corrected chi connectivity index (χ3v) is 5.77. The van der Waals surface area contributed by atoms with Crippen molar-refractivity contribution in [1.29, 1.82) is 0 Å². The van der Waals surface area contributed by atoms with Gasteiger partial charge in [0.05, 0.1) is 18.2 Å². The minimum atomic E-state index is -0.0421. The van der Waals surface area contributed by atoms with E-state index in [0.29, 0.717) is 11.8 Å². The van der Waals surface area contributed by atoms with Gasteiger partial charge in [0, 0.05) is 17.3 Å². The molecular weight excluding hydrogens is 238 g/mol. The summed E-state index contributed by atoms with van der Waals surface area (Å²) in [5, 5.41) is 1.81. The predicted octanol–water partition coefficient (Wildman–Crippen LogP) is 3.14. The fraction of sp³-hybridized carbons (Fsp3) is 0.625. The van der Waals surface area contributed by atoms with Crippen LogP contribution >= 0.6 is 0 Å². The maximum absolute atomic E-state index is 6.06. The molecule has 3 aliphatic heterocycles. The molecule has 1 unspecified atom stereocenters. The Hall–Kier alpha value is -0.900. The summed E-state index contributed by atoms with van der Waals surface area (Å²) in [7, 11) is 0. The van der Waals surface area contributed by atoms with Crippen molar-refractivity contribution in [2.45, 2.75) is 44.8 Å². The van der Waals surface area contributed by atoms with Gasteiger partial charge in [-0.05, 0) is 18.9 Å². The van der Waals surface area contributed by atoms with Crippen molar-refractivity contribution >= 4 is 0 Å². The zero-order valence-electron chi connectivity index (χ0n) is 11.8. The van der Waals surface area contributed by atoms with E-state index < -0.39 is 0 Å². The third-order valence-electron chi connectivity index (χ3n) is 5.77. The zero-order chi connectivity index (χ0) is 13.3. The molecule has 5 rings (SSSR count). The summed E-state index contributed by atoms with van der Waals surface area (Å²) in [5.41, 5.74) is 1.56. The van der Waals surface area contributed by atoms with E-state index in [2.05, 4.69) is 51.1 Å². The summed E-state index contributed by atoms with van der Waals surface area (Å²) < 4.78 is 0. The van der Waals surface area contributed by atoms with Gasteiger partial charge in [-0.1, -0.05) is 49.4 Å². The number of nitrogens with zero attached hydrogens (tertiary/aromatic N) is 1. The lowest BCUT2D eigenvalue weighted by Gasteiger charge is -2.60. The van der Waals surface area contributed by atoms with E-state index in [0.717, 1.165) is 13.0 Å². The second-order valence-corrected chi connectivity index (χ2v) is 6.95. The summed E-state index contributed by atoms with van der Waals surface area (Å²) in [6.07, 6.45) is 1.34. The first-order valence-electron chi connectivity index (χ1n) is 7.19. The van der Waals surface area contributed by atoms with E-state index in [-0.39, 0.29) is 17.1 Å². The molecule has 3 heterocycles. The number of fused-ring (bicyclic) bond motifs is 1. The normalized spacial score (nSPS) is 46.5. The molecular formula is C16H21NO2. The molecule has 0 aromatic heterocycles. The highest BCUT2D eigenvalue weighted by Crippen LogP contribution is 2.62. The van der Waals surface area contributed by atoms with Crippen LogP contribution in [0.1, 0.15) is 38.7 Å². The molecule has 5 atom stereocenters. The Morgan fingerprint density at radius 3 is 2.63 bits per heavy atom. The van der Waals surface area contributed by atoms with Crippen LogP contribution in [0.15, 0.2) is 30.3 Å². The van der Waals surface area contributed by atoms with Crippen LogP contribution in [0.5, 0.6) is 0 Å². The average Bonchev–Trinajstić information content (AvgIpc) is 2.69. The van der Waals surface area contributed by atoms with Crippen LogP contribution in [0.3, 0.4) is 0 Å². The Kier molecular flexibility index (Phi) is 2.25. The van der Waals surface area contributed by atoms with Crippen molar-refractivity contribution in [3.63, 3.8) is 0 Å². The van der Waals surface area contributed by atoms with Crippen LogP contribution in [-0.4, -0.2) is 23.5 Å². The van der Waals surface area contributed by atoms with Crippen LogP contribution in [-0.2, 0) is 9.68 Å². The largest absolute Gasteiger partial charge is 0.273 e. The maximum atomic E-state index is 6.06. The first-order chi connectivity index (χ1) is 9.04. The molecule has 0 amide bonds. The van der Waals surface area contributed by atoms with Gasteiger partial charge in [0.2, 0.25) is 0 Å². The smallest absolute Gasteiger partial charge is 0.0881 e. The molecule has 1 aromatic rings. The van der Waals surface area contributed by atoms with Gasteiger partial charge in [0.1, 0.15) is 0 Å². The van der Waals surface area contributed by atoms with E-state index in [9.17, 15) is 0 Å². The zero-order valence-corrected chi connectivity index (χ0v) is 11.8. The van der Waals surface area contributed by atoms with Gasteiger partial charge in [-0.2, -0.15) is 0 Å². The monoisotopic (exact) mass is 259 g/mol. The Bertz CT molecular complexity index is 501. The number of rotatable bonds is 1. The Balaban J connectivity index is 1.82. The molecule has 0 N–H and O–H groups in total. The first kappa shape index (κ1) is 11.9. The second kappa shape index (κ2) is 3.60. The van der Waals surface area contributed by atoms with E-state index in [4.69, 9.17) is 9.68 Å². The summed E-state index contributed by atoms with van der Waals surface area (Å²) >= 11 is 0. The van der Waals surface area contributed by atoms with Crippen molar-refractivity contribution in [2.24, 2.45) is 11.3 Å². The van der Waals surface area contributed by atoms with Crippen molar-refractivity contribution in [3.8, 4) is 0 Å². The summed E-state index contributed by atoms with van der Waals surface area (Å²) in [6.45, 7) is 7.74. The van der Waals surface area contributed by atoms with Crippen LogP contribution < -0.4 is 0 Å². The lowest BCUT2D eigenvalue weighted by Crippen LogP contribution is -2.67. The highest BCUT2D eigenvalue weighted by molar-refractivity contribution is 5.29. The van der Waals surface area contributed by atoms with Gasteiger partial charge >= 0.3 is 0 Å². The molecule has 0 spiro atoms. The summed E-state index contributed by atoms with van der Waals surface area (Å²) in [5.74, 6) is 1.02. The van der Waals surface area contributed by atoms with Gasteiger partial charge in [-0.25, -0.2) is 0 Å². The quantitative estimate of drug-likeness (QED) is 0.773.